The average molecular weight is 237 g/mol. The molecule has 0 unspecified atom stereocenters. The van der Waals surface area contributed by atoms with Gasteiger partial charge in [0.2, 0.25) is 0 Å². The molecule has 1 rings (SSSR count). The van der Waals surface area contributed by atoms with E-state index in [-0.39, 0.29) is 5.84 Å². The molecule has 0 saturated heterocycles. The van der Waals surface area contributed by atoms with Crippen molar-refractivity contribution in [1.82, 2.24) is 4.90 Å². The lowest BCUT2D eigenvalue weighted by atomic mass is 10.4. The molecule has 0 saturated carbocycles. The van der Waals surface area contributed by atoms with Crippen LogP contribution in [0.3, 0.4) is 0 Å². The number of benzene rings is 1. The van der Waals surface area contributed by atoms with Crippen molar-refractivity contribution in [1.29, 1.82) is 5.41 Å². The molecule has 1 aromatic carbocycles. The van der Waals surface area contributed by atoms with E-state index in [1.54, 1.807) is 0 Å². The van der Waals surface area contributed by atoms with Crippen molar-refractivity contribution in [3.8, 4) is 0 Å². The summed E-state index contributed by atoms with van der Waals surface area (Å²) in [5.41, 5.74) is 5.31. The number of nitrogens with two attached hydrogens (primary N) is 1. The molecule has 0 aliphatic heterocycles. The van der Waals surface area contributed by atoms with Gasteiger partial charge in [-0.2, -0.15) is 0 Å². The Kier molecular flexibility index (Phi) is 5.96. The van der Waals surface area contributed by atoms with Gasteiger partial charge in [0.25, 0.3) is 0 Å². The highest BCUT2D eigenvalue weighted by Gasteiger charge is 1.99. The lowest BCUT2D eigenvalue weighted by Gasteiger charge is -2.15. The second kappa shape index (κ2) is 7.30. The minimum Gasteiger partial charge on any atom is -0.388 e. The highest BCUT2D eigenvalue weighted by atomic mass is 32.2. The quantitative estimate of drug-likeness (QED) is 0.433. The highest BCUT2D eigenvalue weighted by molar-refractivity contribution is 7.99. The van der Waals surface area contributed by atoms with E-state index >= 15 is 0 Å². The van der Waals surface area contributed by atoms with Crippen LogP contribution in [0.5, 0.6) is 0 Å². The molecular formula is C12H19N3S. The molecule has 0 amide bonds. The number of hydrogen-bond donors (Lipinski definition) is 2. The first kappa shape index (κ1) is 13.1. The Morgan fingerprint density at radius 2 is 2.00 bits per heavy atom. The molecule has 4 heteroatoms. The van der Waals surface area contributed by atoms with E-state index < -0.39 is 0 Å². The third-order valence-electron chi connectivity index (χ3n) is 2.25. The minimum atomic E-state index is 0.266. The lowest BCUT2D eigenvalue weighted by Crippen LogP contribution is -2.26. The molecule has 0 heterocycles. The van der Waals surface area contributed by atoms with Crippen LogP contribution in [-0.4, -0.2) is 36.6 Å². The van der Waals surface area contributed by atoms with Crippen molar-refractivity contribution in [3.63, 3.8) is 0 Å². The fourth-order valence-electron chi connectivity index (χ4n) is 1.26. The first-order valence-corrected chi connectivity index (χ1v) is 6.36. The van der Waals surface area contributed by atoms with Crippen molar-refractivity contribution >= 4 is 17.6 Å². The Morgan fingerprint density at radius 1 is 1.31 bits per heavy atom. The average Bonchev–Trinajstić information content (AvgIpc) is 2.28. The summed E-state index contributed by atoms with van der Waals surface area (Å²) in [5.74, 6) is 1.33. The van der Waals surface area contributed by atoms with E-state index in [0.29, 0.717) is 6.42 Å². The van der Waals surface area contributed by atoms with Gasteiger partial charge in [-0.3, -0.25) is 5.41 Å². The van der Waals surface area contributed by atoms with Gasteiger partial charge in [0.05, 0.1) is 5.84 Å². The zero-order chi connectivity index (χ0) is 11.8. The van der Waals surface area contributed by atoms with Gasteiger partial charge in [-0.25, -0.2) is 0 Å². The van der Waals surface area contributed by atoms with Crippen LogP contribution in [0.4, 0.5) is 0 Å². The first-order valence-electron chi connectivity index (χ1n) is 5.38. The topological polar surface area (TPSA) is 53.1 Å². The van der Waals surface area contributed by atoms with Gasteiger partial charge in [0, 0.05) is 30.2 Å². The third-order valence-corrected chi connectivity index (χ3v) is 3.24. The number of nitrogens with zero attached hydrogens (tertiary/aromatic N) is 1. The third kappa shape index (κ3) is 5.78. The number of thioether (sulfide) groups is 1. The molecule has 0 atom stereocenters. The Morgan fingerprint density at radius 3 is 2.62 bits per heavy atom. The summed E-state index contributed by atoms with van der Waals surface area (Å²) < 4.78 is 0. The van der Waals surface area contributed by atoms with Crippen LogP contribution >= 0.6 is 11.8 Å². The fraction of sp³-hybridized carbons (Fsp3) is 0.417. The second-order valence-corrected chi connectivity index (χ2v) is 4.91. The van der Waals surface area contributed by atoms with Crippen molar-refractivity contribution < 1.29 is 0 Å². The molecular weight excluding hydrogens is 218 g/mol. The Labute approximate surface area is 102 Å². The number of hydrogen-bond acceptors (Lipinski definition) is 3. The Bertz CT molecular complexity index is 313. The summed E-state index contributed by atoms with van der Waals surface area (Å²) in [7, 11) is 2.06. The van der Waals surface area contributed by atoms with Gasteiger partial charge < -0.3 is 10.6 Å². The zero-order valence-electron chi connectivity index (χ0n) is 9.65. The molecule has 3 N–H and O–H groups in total. The number of amidine groups is 1. The van der Waals surface area contributed by atoms with Crippen LogP contribution in [0.1, 0.15) is 6.42 Å². The van der Waals surface area contributed by atoms with E-state index in [4.69, 9.17) is 11.1 Å². The SMILES string of the molecule is CN(CCSc1ccccc1)CCC(=N)N. The molecule has 0 bridgehead atoms. The maximum atomic E-state index is 7.15. The van der Waals surface area contributed by atoms with Crippen LogP contribution in [-0.2, 0) is 0 Å². The largest absolute Gasteiger partial charge is 0.388 e. The highest BCUT2D eigenvalue weighted by Crippen LogP contribution is 2.16. The zero-order valence-corrected chi connectivity index (χ0v) is 10.5. The van der Waals surface area contributed by atoms with Crippen LogP contribution in [0.25, 0.3) is 0 Å². The van der Waals surface area contributed by atoms with E-state index in [0.717, 1.165) is 18.8 Å². The fourth-order valence-corrected chi connectivity index (χ4v) is 2.25. The smallest absolute Gasteiger partial charge is 0.0918 e. The Balaban J connectivity index is 2.13. The molecule has 3 nitrogen and oxygen atoms in total. The van der Waals surface area contributed by atoms with E-state index in [1.807, 2.05) is 17.8 Å². The molecule has 88 valence electrons. The predicted octanol–water partition coefficient (Wildman–Crippen LogP) is 2.04. The monoisotopic (exact) mass is 237 g/mol. The van der Waals surface area contributed by atoms with E-state index in [9.17, 15) is 0 Å². The van der Waals surface area contributed by atoms with E-state index in [2.05, 4.69) is 36.2 Å². The predicted molar refractivity (Wildman–Crippen MR) is 71.2 cm³/mol. The summed E-state index contributed by atoms with van der Waals surface area (Å²) in [5, 5.41) is 7.15. The summed E-state index contributed by atoms with van der Waals surface area (Å²) in [6.45, 7) is 1.89. The van der Waals surface area contributed by atoms with Gasteiger partial charge in [-0.1, -0.05) is 18.2 Å². The second-order valence-electron chi connectivity index (χ2n) is 3.74. The van der Waals surface area contributed by atoms with Crippen molar-refractivity contribution in [2.24, 2.45) is 5.73 Å². The summed E-state index contributed by atoms with van der Waals surface area (Å²) in [6.07, 6.45) is 0.659. The lowest BCUT2D eigenvalue weighted by molar-refractivity contribution is 0.366. The van der Waals surface area contributed by atoms with Gasteiger partial charge in [-0.05, 0) is 19.2 Å². The standard InChI is InChI=1S/C12H19N3S/c1-15(8-7-12(13)14)9-10-16-11-5-3-2-4-6-11/h2-6H,7-10H2,1H3,(H3,13,14). The van der Waals surface area contributed by atoms with Gasteiger partial charge in [0.15, 0.2) is 0 Å². The van der Waals surface area contributed by atoms with Gasteiger partial charge in [0.1, 0.15) is 0 Å². The maximum Gasteiger partial charge on any atom is 0.0918 e. The van der Waals surface area contributed by atoms with Gasteiger partial charge in [-0.15, -0.1) is 11.8 Å². The molecule has 16 heavy (non-hydrogen) atoms. The van der Waals surface area contributed by atoms with Crippen LogP contribution in [0, 0.1) is 5.41 Å². The molecule has 0 aliphatic rings. The summed E-state index contributed by atoms with van der Waals surface area (Å²) >= 11 is 1.86. The Hall–Kier alpha value is -1.00. The maximum absolute atomic E-state index is 7.15. The normalized spacial score (nSPS) is 10.6. The molecule has 0 aromatic heterocycles. The number of rotatable bonds is 7. The van der Waals surface area contributed by atoms with Crippen LogP contribution < -0.4 is 5.73 Å². The van der Waals surface area contributed by atoms with Crippen LogP contribution in [0.2, 0.25) is 0 Å². The molecule has 0 aliphatic carbocycles. The minimum absolute atomic E-state index is 0.266. The molecule has 0 fully saturated rings. The molecule has 1 aromatic rings. The summed E-state index contributed by atoms with van der Waals surface area (Å²) in [6, 6.07) is 10.4. The molecule has 0 spiro atoms. The number of nitrogens with one attached hydrogen (secondary N) is 1. The van der Waals surface area contributed by atoms with Crippen LogP contribution in [0.15, 0.2) is 35.2 Å². The van der Waals surface area contributed by atoms with Crippen molar-refractivity contribution in [3.05, 3.63) is 30.3 Å². The first-order chi connectivity index (χ1) is 7.68. The van der Waals surface area contributed by atoms with Crippen molar-refractivity contribution in [2.45, 2.75) is 11.3 Å². The van der Waals surface area contributed by atoms with Gasteiger partial charge >= 0.3 is 0 Å². The summed E-state index contributed by atoms with van der Waals surface area (Å²) in [4.78, 5) is 3.51. The molecule has 0 radical (unpaired) electrons. The van der Waals surface area contributed by atoms with Crippen molar-refractivity contribution in [2.75, 3.05) is 25.9 Å². The van der Waals surface area contributed by atoms with E-state index in [1.165, 1.54) is 4.90 Å².